The molecule has 0 saturated heterocycles. The molecule has 24 heavy (non-hydrogen) atoms. The van der Waals surface area contributed by atoms with Gasteiger partial charge in [0.2, 0.25) is 0 Å². The number of carbonyl (C=O) groups excluding carboxylic acids is 1. The molecule has 1 atom stereocenters. The van der Waals surface area contributed by atoms with Crippen LogP contribution in [0, 0.1) is 0 Å². The van der Waals surface area contributed by atoms with Crippen molar-refractivity contribution in [1.29, 1.82) is 0 Å². The normalized spacial score (nSPS) is 16.0. The van der Waals surface area contributed by atoms with E-state index in [-0.39, 0.29) is 0 Å². The summed E-state index contributed by atoms with van der Waals surface area (Å²) < 4.78 is 5.62. The Morgan fingerprint density at radius 3 is 2.17 bits per heavy atom. The van der Waals surface area contributed by atoms with Gasteiger partial charge in [-0.2, -0.15) is 0 Å². The lowest BCUT2D eigenvalue weighted by Gasteiger charge is -2.18. The first kappa shape index (κ1) is 16.1. The van der Waals surface area contributed by atoms with Gasteiger partial charge >= 0.3 is 5.97 Å². The minimum atomic E-state index is -1.09. The van der Waals surface area contributed by atoms with Crippen LogP contribution in [0.3, 0.4) is 0 Å². The van der Waals surface area contributed by atoms with Crippen LogP contribution in [-0.4, -0.2) is 28.6 Å². The van der Waals surface area contributed by atoms with Crippen LogP contribution in [0.1, 0.15) is 19.8 Å². The van der Waals surface area contributed by atoms with E-state index in [1.54, 1.807) is 19.1 Å². The lowest BCUT2D eigenvalue weighted by atomic mass is 10.1. The van der Waals surface area contributed by atoms with Gasteiger partial charge in [-0.05, 0) is 43.0 Å². The fourth-order valence-corrected chi connectivity index (χ4v) is 2.47. The maximum Gasteiger partial charge on any atom is 0.329 e. The van der Waals surface area contributed by atoms with E-state index >= 15 is 0 Å². The number of amides is 1. The van der Waals surface area contributed by atoms with Gasteiger partial charge in [0.05, 0.1) is 0 Å². The highest BCUT2D eigenvalue weighted by Crippen LogP contribution is 2.35. The van der Waals surface area contributed by atoms with E-state index in [0.29, 0.717) is 18.6 Å². The number of hydrogen-bond donors (Lipinski definition) is 2. The first-order valence-corrected chi connectivity index (χ1v) is 7.88. The van der Waals surface area contributed by atoms with Crippen molar-refractivity contribution in [2.24, 2.45) is 0 Å². The van der Waals surface area contributed by atoms with Gasteiger partial charge in [-0.1, -0.05) is 42.5 Å². The molecule has 2 aromatic rings. The van der Waals surface area contributed by atoms with Crippen LogP contribution in [0.4, 0.5) is 0 Å². The van der Waals surface area contributed by atoms with E-state index < -0.39 is 23.5 Å². The highest BCUT2D eigenvalue weighted by Gasteiger charge is 2.52. The molecule has 0 aromatic heterocycles. The van der Waals surface area contributed by atoms with E-state index in [4.69, 9.17) is 9.84 Å². The van der Waals surface area contributed by atoms with Crippen molar-refractivity contribution in [3.05, 3.63) is 54.6 Å². The molecule has 0 radical (unpaired) electrons. The van der Waals surface area contributed by atoms with E-state index in [2.05, 4.69) is 5.32 Å². The van der Waals surface area contributed by atoms with Gasteiger partial charge in [-0.3, -0.25) is 4.79 Å². The minimum absolute atomic E-state index is 0.415. The van der Waals surface area contributed by atoms with E-state index in [0.717, 1.165) is 11.1 Å². The van der Waals surface area contributed by atoms with E-state index in [1.807, 2.05) is 42.5 Å². The molecule has 0 aliphatic heterocycles. The van der Waals surface area contributed by atoms with Crippen molar-refractivity contribution in [3.63, 3.8) is 0 Å². The van der Waals surface area contributed by atoms with Crippen LogP contribution in [0.25, 0.3) is 11.1 Å². The maximum absolute atomic E-state index is 12.1. The highest BCUT2D eigenvalue weighted by molar-refractivity contribution is 5.91. The van der Waals surface area contributed by atoms with Crippen molar-refractivity contribution < 1.29 is 19.4 Å². The lowest BCUT2D eigenvalue weighted by Crippen LogP contribution is -2.48. The van der Waals surface area contributed by atoms with Crippen LogP contribution in [0.15, 0.2) is 54.6 Å². The van der Waals surface area contributed by atoms with Gasteiger partial charge in [0, 0.05) is 0 Å². The quantitative estimate of drug-likeness (QED) is 0.856. The summed E-state index contributed by atoms with van der Waals surface area (Å²) in [5.41, 5.74) is 1.07. The SMILES string of the molecule is CC(Oc1ccc(-c2ccccc2)cc1)C(=O)NC1(C(=O)O)CC1. The van der Waals surface area contributed by atoms with Crippen molar-refractivity contribution in [1.82, 2.24) is 5.32 Å². The van der Waals surface area contributed by atoms with Crippen LogP contribution in [-0.2, 0) is 9.59 Å². The molecule has 1 aliphatic rings. The first-order chi connectivity index (χ1) is 11.5. The Labute approximate surface area is 140 Å². The third kappa shape index (κ3) is 3.40. The Bertz CT molecular complexity index is 736. The van der Waals surface area contributed by atoms with Gasteiger partial charge in [0.1, 0.15) is 11.3 Å². The summed E-state index contributed by atoms with van der Waals surface area (Å²) >= 11 is 0. The lowest BCUT2D eigenvalue weighted by molar-refractivity contribution is -0.144. The number of hydrogen-bond acceptors (Lipinski definition) is 3. The summed E-state index contributed by atoms with van der Waals surface area (Å²) in [6, 6.07) is 17.4. The first-order valence-electron chi connectivity index (χ1n) is 7.88. The van der Waals surface area contributed by atoms with E-state index in [1.165, 1.54) is 0 Å². The molecule has 5 nitrogen and oxygen atoms in total. The second-order valence-electron chi connectivity index (χ2n) is 6.03. The average molecular weight is 325 g/mol. The summed E-state index contributed by atoms with van der Waals surface area (Å²) in [5.74, 6) is -0.838. The van der Waals surface area contributed by atoms with Gasteiger partial charge in [0.15, 0.2) is 6.10 Å². The summed E-state index contributed by atoms with van der Waals surface area (Å²) in [4.78, 5) is 23.2. The van der Waals surface area contributed by atoms with Crippen LogP contribution >= 0.6 is 0 Å². The van der Waals surface area contributed by atoms with E-state index in [9.17, 15) is 9.59 Å². The van der Waals surface area contributed by atoms with Crippen LogP contribution < -0.4 is 10.1 Å². The van der Waals surface area contributed by atoms with Crippen molar-refractivity contribution >= 4 is 11.9 Å². The van der Waals surface area contributed by atoms with Crippen LogP contribution in [0.2, 0.25) is 0 Å². The number of benzene rings is 2. The Kier molecular flexibility index (Phi) is 4.25. The molecule has 5 heteroatoms. The van der Waals surface area contributed by atoms with Gasteiger partial charge in [0.25, 0.3) is 5.91 Å². The third-order valence-electron chi connectivity index (χ3n) is 4.17. The molecule has 1 saturated carbocycles. The number of rotatable bonds is 6. The molecule has 1 amide bonds. The zero-order valence-corrected chi connectivity index (χ0v) is 13.4. The molecule has 2 N–H and O–H groups in total. The van der Waals surface area contributed by atoms with Gasteiger partial charge in [-0.25, -0.2) is 4.79 Å². The van der Waals surface area contributed by atoms with Crippen molar-refractivity contribution in [2.75, 3.05) is 0 Å². The average Bonchev–Trinajstić information content (AvgIpc) is 3.37. The number of carbonyl (C=O) groups is 2. The Morgan fingerprint density at radius 2 is 1.62 bits per heavy atom. The summed E-state index contributed by atoms with van der Waals surface area (Å²) in [6.07, 6.45) is 0.170. The molecule has 3 rings (SSSR count). The minimum Gasteiger partial charge on any atom is -0.481 e. The fourth-order valence-electron chi connectivity index (χ4n) is 2.47. The van der Waals surface area contributed by atoms with Gasteiger partial charge < -0.3 is 15.2 Å². The Balaban J connectivity index is 1.61. The summed E-state index contributed by atoms with van der Waals surface area (Å²) in [7, 11) is 0. The summed E-state index contributed by atoms with van der Waals surface area (Å²) in [5, 5.41) is 11.7. The molecule has 1 aliphatic carbocycles. The molecular formula is C19H19NO4. The topological polar surface area (TPSA) is 75.6 Å². The number of ether oxygens (including phenoxy) is 1. The second kappa shape index (κ2) is 6.35. The second-order valence-corrected chi connectivity index (χ2v) is 6.03. The molecule has 1 fully saturated rings. The number of carboxylic acids is 1. The molecule has 1 unspecified atom stereocenters. The summed E-state index contributed by atoms with van der Waals surface area (Å²) in [6.45, 7) is 1.61. The zero-order valence-electron chi connectivity index (χ0n) is 13.4. The molecule has 2 aromatic carbocycles. The standard InChI is InChI=1S/C19H19NO4/c1-13(17(21)20-19(11-12-19)18(22)23)24-16-9-7-15(8-10-16)14-5-3-2-4-6-14/h2-10,13H,11-12H2,1H3,(H,20,21)(H,22,23). The molecule has 0 bridgehead atoms. The predicted octanol–water partition coefficient (Wildman–Crippen LogP) is 2.85. The Morgan fingerprint density at radius 1 is 1.04 bits per heavy atom. The largest absolute Gasteiger partial charge is 0.481 e. The van der Waals surface area contributed by atoms with Crippen molar-refractivity contribution in [2.45, 2.75) is 31.4 Å². The molecular weight excluding hydrogens is 306 g/mol. The molecule has 124 valence electrons. The van der Waals surface area contributed by atoms with Gasteiger partial charge in [-0.15, -0.1) is 0 Å². The number of carboxylic acid groups (broad SMARTS) is 1. The third-order valence-corrected chi connectivity index (χ3v) is 4.17. The van der Waals surface area contributed by atoms with Crippen molar-refractivity contribution in [3.8, 4) is 16.9 Å². The predicted molar refractivity (Wildman–Crippen MR) is 89.7 cm³/mol. The molecule has 0 heterocycles. The van der Waals surface area contributed by atoms with Crippen LogP contribution in [0.5, 0.6) is 5.75 Å². The highest BCUT2D eigenvalue weighted by atomic mass is 16.5. The fraction of sp³-hybridized carbons (Fsp3) is 0.263. The molecule has 0 spiro atoms. The monoisotopic (exact) mass is 325 g/mol. The zero-order chi connectivity index (χ0) is 17.2. The number of aliphatic carboxylic acids is 1. The smallest absolute Gasteiger partial charge is 0.329 e. The Hall–Kier alpha value is -2.82. The number of nitrogens with one attached hydrogen (secondary N) is 1. The maximum atomic E-state index is 12.1.